The molecule has 33 heavy (non-hydrogen) atoms. The maximum atomic E-state index is 13.4. The van der Waals surface area contributed by atoms with E-state index in [1.54, 1.807) is 13.8 Å². The summed E-state index contributed by atoms with van der Waals surface area (Å²) in [6.45, 7) is 7.59. The number of hydrogen-bond donors (Lipinski definition) is 4. The van der Waals surface area contributed by atoms with E-state index in [4.69, 9.17) is 4.11 Å². The van der Waals surface area contributed by atoms with Crippen LogP contribution in [0.4, 0.5) is 0 Å². The van der Waals surface area contributed by atoms with Crippen molar-refractivity contribution in [1.29, 1.82) is 0 Å². The van der Waals surface area contributed by atoms with Crippen LogP contribution >= 0.6 is 0 Å². The van der Waals surface area contributed by atoms with Gasteiger partial charge in [-0.25, -0.2) is 0 Å². The Hall–Kier alpha value is -0.490. The van der Waals surface area contributed by atoms with E-state index in [2.05, 4.69) is 13.8 Å². The van der Waals surface area contributed by atoms with Crippen molar-refractivity contribution < 1.29 is 29.3 Å². The van der Waals surface area contributed by atoms with Gasteiger partial charge in [0.05, 0.1) is 24.4 Å². The van der Waals surface area contributed by atoms with Crippen molar-refractivity contribution >= 4 is 5.78 Å². The molecule has 4 rings (SSSR count). The number of Topliss-reactive ketones (excluding diaryl/α,β-unsaturated/α-hetero) is 1. The second-order valence-corrected chi connectivity index (χ2v) is 12.9. The highest BCUT2D eigenvalue weighted by atomic mass is 16.3. The van der Waals surface area contributed by atoms with Gasteiger partial charge in [0.25, 0.3) is 0 Å². The molecule has 0 aromatic carbocycles. The highest BCUT2D eigenvalue weighted by Crippen LogP contribution is 2.67. The summed E-state index contributed by atoms with van der Waals surface area (Å²) in [6.07, 6.45) is 1.50. The molecule has 0 saturated heterocycles. The van der Waals surface area contributed by atoms with Crippen molar-refractivity contribution in [2.75, 3.05) is 0 Å². The number of rotatable bonds is 5. The van der Waals surface area contributed by atoms with Gasteiger partial charge in [0, 0.05) is 16.5 Å². The molecule has 0 aromatic heterocycles. The van der Waals surface area contributed by atoms with Gasteiger partial charge in [0.15, 0.2) is 0 Å². The molecule has 0 aromatic rings. The summed E-state index contributed by atoms with van der Waals surface area (Å²) in [5, 5.41) is 43.0. The lowest BCUT2D eigenvalue weighted by Crippen LogP contribution is -2.59. The van der Waals surface area contributed by atoms with Crippen LogP contribution in [-0.4, -0.2) is 50.6 Å². The van der Waals surface area contributed by atoms with Gasteiger partial charge in [0.2, 0.25) is 0 Å². The Balaban J connectivity index is 1.53. The van der Waals surface area contributed by atoms with Crippen LogP contribution < -0.4 is 0 Å². The van der Waals surface area contributed by atoms with Gasteiger partial charge in [-0.15, -0.1) is 0 Å². The minimum Gasteiger partial charge on any atom is -0.390 e. The maximum absolute atomic E-state index is 13.4. The molecular weight excluding hydrogens is 416 g/mol. The van der Waals surface area contributed by atoms with Crippen LogP contribution in [0, 0.1) is 58.2 Å². The summed E-state index contributed by atoms with van der Waals surface area (Å²) in [4.78, 5) is 13.4. The number of hydrogen-bond acceptors (Lipinski definition) is 5. The highest BCUT2D eigenvalue weighted by Gasteiger charge is 2.63. The molecule has 0 amide bonds. The molecule has 0 aliphatic heterocycles. The second-order valence-electron chi connectivity index (χ2n) is 12.9. The van der Waals surface area contributed by atoms with Crippen LogP contribution in [-0.2, 0) is 4.79 Å². The summed E-state index contributed by atoms with van der Waals surface area (Å²) < 4.78 is 23.2. The number of aliphatic hydroxyl groups is 4. The van der Waals surface area contributed by atoms with E-state index in [0.29, 0.717) is 31.1 Å². The Morgan fingerprint density at radius 1 is 0.970 bits per heavy atom. The van der Waals surface area contributed by atoms with Crippen LogP contribution in [0.2, 0.25) is 0 Å². The summed E-state index contributed by atoms with van der Waals surface area (Å²) in [6, 6.07) is 0. The Bertz CT molecular complexity index is 834. The van der Waals surface area contributed by atoms with Crippen molar-refractivity contribution in [3.63, 3.8) is 0 Å². The Morgan fingerprint density at radius 2 is 1.64 bits per heavy atom. The lowest BCUT2D eigenvalue weighted by Gasteiger charge is -2.61. The highest BCUT2D eigenvalue weighted by molar-refractivity contribution is 5.83. The molecule has 0 heterocycles. The average Bonchev–Trinajstić information content (AvgIpc) is 3.15. The van der Waals surface area contributed by atoms with E-state index >= 15 is 0 Å². The van der Waals surface area contributed by atoms with Gasteiger partial charge < -0.3 is 20.4 Å². The van der Waals surface area contributed by atoms with Crippen LogP contribution in [0.5, 0.6) is 0 Å². The molecule has 0 radical (unpaired) electrons. The lowest BCUT2D eigenvalue weighted by molar-refractivity contribution is -0.175. The average molecular weight is 468 g/mol. The number of carbonyl (C=O) groups excluding carboxylic acids is 1. The third kappa shape index (κ3) is 3.93. The van der Waals surface area contributed by atoms with E-state index in [1.807, 2.05) is 6.92 Å². The van der Waals surface area contributed by atoms with E-state index in [-0.39, 0.29) is 40.3 Å². The van der Waals surface area contributed by atoms with Gasteiger partial charge in [-0.1, -0.05) is 41.5 Å². The van der Waals surface area contributed by atoms with Crippen molar-refractivity contribution in [2.45, 2.75) is 111 Å². The van der Waals surface area contributed by atoms with Crippen molar-refractivity contribution in [3.05, 3.63) is 0 Å². The SMILES string of the molecule is [2H]C([2H])([2H])C(C)[C@@H](C)[C@@H](O)[C@H](O)[C@@H](C)[C@H]1CC[C@H]2[C@@H]3CC(=O)[C@H]4C[C@H](O)[C@H](O)C[C@]4(C)[C@H]3CC[C@]12C. The minimum absolute atomic E-state index is 0.0591. The first-order valence-corrected chi connectivity index (χ1v) is 13.3. The Kier molecular flexibility index (Phi) is 5.85. The van der Waals surface area contributed by atoms with Crippen molar-refractivity contribution in [3.8, 4) is 0 Å². The summed E-state index contributed by atoms with van der Waals surface area (Å²) >= 11 is 0. The molecule has 1 unspecified atom stereocenters. The first-order valence-electron chi connectivity index (χ1n) is 14.8. The van der Waals surface area contributed by atoms with Gasteiger partial charge in [-0.3, -0.25) is 4.79 Å². The lowest BCUT2D eigenvalue weighted by atomic mass is 9.44. The topological polar surface area (TPSA) is 98.0 Å². The zero-order chi connectivity index (χ0) is 27.0. The molecule has 4 aliphatic rings. The monoisotopic (exact) mass is 467 g/mol. The van der Waals surface area contributed by atoms with Crippen molar-refractivity contribution in [1.82, 2.24) is 0 Å². The van der Waals surface area contributed by atoms with Gasteiger partial charge >= 0.3 is 0 Å². The maximum Gasteiger partial charge on any atom is 0.136 e. The zero-order valence-corrected chi connectivity index (χ0v) is 21.1. The number of ketones is 1. The standard InChI is InChI=1S/C28H48O5/c1-14(2)15(3)25(32)26(33)16(4)18-7-8-19-17-11-22(29)21-12-23(30)24(31)13-28(21,6)20(17)9-10-27(18,19)5/h14-21,23-26,30-33H,7-13H2,1-6H3/t15-,16+,17+,18-,19+,20+,21-,23+,24-,25-,26-,27-,28-/m1/s1/i1D3/t14?,15-,16+,17+,18-,19+,20+,21-,23+,24-,25-,26-,27-,28-. The molecule has 0 spiro atoms. The zero-order valence-electron chi connectivity index (χ0n) is 24.1. The van der Waals surface area contributed by atoms with Crippen molar-refractivity contribution in [2.24, 2.45) is 58.2 Å². The molecule has 5 heteroatoms. The van der Waals surface area contributed by atoms with E-state index in [0.717, 1.165) is 25.7 Å². The van der Waals surface area contributed by atoms with E-state index in [9.17, 15) is 25.2 Å². The molecular formula is C28H48O5. The number of fused-ring (bicyclic) bond motifs is 5. The summed E-state index contributed by atoms with van der Waals surface area (Å²) in [5.41, 5.74) is -0.351. The van der Waals surface area contributed by atoms with Crippen LogP contribution in [0.25, 0.3) is 0 Å². The van der Waals surface area contributed by atoms with E-state index < -0.39 is 43.1 Å². The first kappa shape index (κ1) is 21.8. The Morgan fingerprint density at radius 3 is 2.30 bits per heavy atom. The summed E-state index contributed by atoms with van der Waals surface area (Å²) in [7, 11) is 0. The molecule has 4 saturated carbocycles. The van der Waals surface area contributed by atoms with E-state index in [1.165, 1.54) is 0 Å². The van der Waals surface area contributed by atoms with Crippen LogP contribution in [0.15, 0.2) is 0 Å². The quantitative estimate of drug-likeness (QED) is 0.493. The third-order valence-electron chi connectivity index (χ3n) is 11.4. The van der Waals surface area contributed by atoms with Gasteiger partial charge in [-0.05, 0) is 90.8 Å². The molecule has 4 N–H and O–H groups in total. The summed E-state index contributed by atoms with van der Waals surface area (Å²) in [5.74, 6) is -0.310. The largest absolute Gasteiger partial charge is 0.390 e. The molecule has 190 valence electrons. The fourth-order valence-corrected chi connectivity index (χ4v) is 9.13. The first-order chi connectivity index (χ1) is 16.5. The van der Waals surface area contributed by atoms with Gasteiger partial charge in [0.1, 0.15) is 5.78 Å². The van der Waals surface area contributed by atoms with Crippen LogP contribution in [0.1, 0.15) is 90.5 Å². The smallest absolute Gasteiger partial charge is 0.136 e. The third-order valence-corrected chi connectivity index (χ3v) is 11.4. The predicted molar refractivity (Wildman–Crippen MR) is 128 cm³/mol. The fraction of sp³-hybridized carbons (Fsp3) is 0.964. The second kappa shape index (κ2) is 8.87. The fourth-order valence-electron chi connectivity index (χ4n) is 9.13. The van der Waals surface area contributed by atoms with Gasteiger partial charge in [-0.2, -0.15) is 0 Å². The number of carbonyl (C=O) groups is 1. The molecule has 4 aliphatic carbocycles. The number of aliphatic hydroxyl groups excluding tert-OH is 4. The normalized spacial score (nSPS) is 51.6. The molecule has 14 atom stereocenters. The Labute approximate surface area is 204 Å². The molecule has 4 fully saturated rings. The molecule has 5 nitrogen and oxygen atoms in total. The minimum atomic E-state index is -2.18. The van der Waals surface area contributed by atoms with Crippen LogP contribution in [0.3, 0.4) is 0 Å². The molecule has 0 bridgehead atoms. The predicted octanol–water partition coefficient (Wildman–Crippen LogP) is 3.81.